The van der Waals surface area contributed by atoms with Crippen molar-refractivity contribution in [1.29, 1.82) is 0 Å². The predicted octanol–water partition coefficient (Wildman–Crippen LogP) is 1.90. The van der Waals surface area contributed by atoms with Crippen molar-refractivity contribution in [2.45, 2.75) is 44.8 Å². The van der Waals surface area contributed by atoms with Gasteiger partial charge in [-0.25, -0.2) is 0 Å². The summed E-state index contributed by atoms with van der Waals surface area (Å²) in [6.45, 7) is 3.43. The lowest BCUT2D eigenvalue weighted by Crippen LogP contribution is -2.39. The molecule has 0 radical (unpaired) electrons. The molecule has 4 atom stereocenters. The van der Waals surface area contributed by atoms with E-state index in [1.807, 2.05) is 23.1 Å². The number of ether oxygens (including phenoxy) is 1. The average molecular weight is 328 g/mol. The third-order valence-electron chi connectivity index (χ3n) is 5.42. The van der Waals surface area contributed by atoms with Gasteiger partial charge in [-0.1, -0.05) is 18.2 Å². The fraction of sp³-hybridized carbons (Fsp3) is 0.579. The van der Waals surface area contributed by atoms with E-state index >= 15 is 0 Å². The van der Waals surface area contributed by atoms with Gasteiger partial charge in [-0.3, -0.25) is 9.59 Å². The first-order valence-electron chi connectivity index (χ1n) is 8.95. The molecule has 0 spiro atoms. The maximum Gasteiger partial charge on any atom is 0.231 e. The summed E-state index contributed by atoms with van der Waals surface area (Å²) in [6, 6.07) is 8.24. The maximum atomic E-state index is 12.9. The van der Waals surface area contributed by atoms with Crippen molar-refractivity contribution >= 4 is 17.5 Å². The topological polar surface area (TPSA) is 58.6 Å². The lowest BCUT2D eigenvalue weighted by Gasteiger charge is -2.23. The molecule has 1 aromatic carbocycles. The number of benzene rings is 1. The zero-order valence-corrected chi connectivity index (χ0v) is 14.0. The number of anilines is 1. The van der Waals surface area contributed by atoms with E-state index in [0.717, 1.165) is 31.6 Å². The molecule has 24 heavy (non-hydrogen) atoms. The maximum absolute atomic E-state index is 12.9. The number of hydrogen-bond acceptors (Lipinski definition) is 3. The molecule has 2 amide bonds. The van der Waals surface area contributed by atoms with Gasteiger partial charge >= 0.3 is 0 Å². The largest absolute Gasteiger partial charge is 0.376 e. The first kappa shape index (κ1) is 15.6. The second-order valence-corrected chi connectivity index (χ2v) is 7.22. The minimum absolute atomic E-state index is 0.00369. The number of nitrogens with zero attached hydrogens (tertiary/aromatic N) is 1. The second-order valence-electron chi connectivity index (χ2n) is 7.22. The van der Waals surface area contributed by atoms with Crippen LogP contribution in [0.1, 0.15) is 31.7 Å². The standard InChI is InChI=1S/C19H24N2O3/c1-12-9-13-5-2-3-7-17(13)21(12)19(23)16-10-15(16)18(22)20-11-14-6-4-8-24-14/h2-3,5,7,12,14-16H,4,6,8-11H2,1H3,(H,20,22). The van der Waals surface area contributed by atoms with Gasteiger partial charge in [0.15, 0.2) is 0 Å². The van der Waals surface area contributed by atoms with Crippen LogP contribution in [0.3, 0.4) is 0 Å². The highest BCUT2D eigenvalue weighted by atomic mass is 16.5. The van der Waals surface area contributed by atoms with E-state index in [0.29, 0.717) is 13.0 Å². The van der Waals surface area contributed by atoms with E-state index in [4.69, 9.17) is 4.74 Å². The van der Waals surface area contributed by atoms with E-state index in [-0.39, 0.29) is 35.8 Å². The molecule has 1 N–H and O–H groups in total. The first-order chi connectivity index (χ1) is 11.6. The number of rotatable bonds is 4. The van der Waals surface area contributed by atoms with E-state index < -0.39 is 0 Å². The van der Waals surface area contributed by atoms with Crippen molar-refractivity contribution in [3.05, 3.63) is 29.8 Å². The molecular weight excluding hydrogens is 304 g/mol. The van der Waals surface area contributed by atoms with Crippen LogP contribution in [0.4, 0.5) is 5.69 Å². The Morgan fingerprint density at radius 3 is 2.92 bits per heavy atom. The van der Waals surface area contributed by atoms with Gasteiger partial charge in [-0.05, 0) is 44.2 Å². The molecule has 2 aliphatic heterocycles. The SMILES string of the molecule is CC1Cc2ccccc2N1C(=O)C1CC1C(=O)NCC1CCCO1. The van der Waals surface area contributed by atoms with Crippen LogP contribution in [0.15, 0.2) is 24.3 Å². The summed E-state index contributed by atoms with van der Waals surface area (Å²) in [6.07, 6.45) is 3.78. The molecule has 4 rings (SSSR count). The minimum atomic E-state index is -0.168. The third-order valence-corrected chi connectivity index (χ3v) is 5.42. The zero-order valence-electron chi connectivity index (χ0n) is 14.0. The second kappa shape index (κ2) is 6.20. The summed E-state index contributed by atoms with van der Waals surface area (Å²) in [4.78, 5) is 27.1. The Bertz CT molecular complexity index is 654. The molecule has 0 aromatic heterocycles. The molecule has 1 saturated carbocycles. The predicted molar refractivity (Wildman–Crippen MR) is 90.7 cm³/mol. The van der Waals surface area contributed by atoms with Gasteiger partial charge in [0.1, 0.15) is 0 Å². The quantitative estimate of drug-likeness (QED) is 0.918. The van der Waals surface area contributed by atoms with Crippen molar-refractivity contribution in [1.82, 2.24) is 5.32 Å². The highest BCUT2D eigenvalue weighted by molar-refractivity contribution is 6.02. The molecule has 2 heterocycles. The summed E-state index contributed by atoms with van der Waals surface area (Å²) >= 11 is 0. The summed E-state index contributed by atoms with van der Waals surface area (Å²) in [5.41, 5.74) is 2.23. The van der Waals surface area contributed by atoms with Crippen molar-refractivity contribution < 1.29 is 14.3 Å². The molecular formula is C19H24N2O3. The molecule has 5 heteroatoms. The normalized spacial score (nSPS) is 31.0. The van der Waals surface area contributed by atoms with Gasteiger partial charge in [0.2, 0.25) is 11.8 Å². The highest BCUT2D eigenvalue weighted by Gasteiger charge is 2.51. The molecule has 2 fully saturated rings. The van der Waals surface area contributed by atoms with Crippen LogP contribution < -0.4 is 10.2 Å². The molecule has 4 unspecified atom stereocenters. The van der Waals surface area contributed by atoms with Gasteiger partial charge in [0.05, 0.1) is 17.9 Å². The molecule has 128 valence electrons. The average Bonchev–Trinajstić information content (AvgIpc) is 3.07. The number of fused-ring (bicyclic) bond motifs is 1. The molecule has 0 bridgehead atoms. The van der Waals surface area contributed by atoms with Crippen LogP contribution in [-0.2, 0) is 20.7 Å². The first-order valence-corrected chi connectivity index (χ1v) is 8.95. The Balaban J connectivity index is 1.36. The number of nitrogens with one attached hydrogen (secondary N) is 1. The fourth-order valence-electron chi connectivity index (χ4n) is 3.99. The zero-order chi connectivity index (χ0) is 16.7. The molecule has 1 saturated heterocycles. The lowest BCUT2D eigenvalue weighted by molar-refractivity contribution is -0.126. The third kappa shape index (κ3) is 2.81. The van der Waals surface area contributed by atoms with E-state index in [2.05, 4.69) is 18.3 Å². The van der Waals surface area contributed by atoms with Crippen LogP contribution in [-0.4, -0.2) is 37.1 Å². The van der Waals surface area contributed by atoms with E-state index in [1.54, 1.807) is 0 Å². The van der Waals surface area contributed by atoms with Gasteiger partial charge in [0.25, 0.3) is 0 Å². The van der Waals surface area contributed by atoms with Crippen molar-refractivity contribution in [3.63, 3.8) is 0 Å². The molecule has 3 aliphatic rings. The van der Waals surface area contributed by atoms with Crippen LogP contribution >= 0.6 is 0 Å². The van der Waals surface area contributed by atoms with Crippen LogP contribution in [0.2, 0.25) is 0 Å². The van der Waals surface area contributed by atoms with Crippen molar-refractivity contribution in [2.24, 2.45) is 11.8 Å². The monoisotopic (exact) mass is 328 g/mol. The Hall–Kier alpha value is -1.88. The number of carbonyl (C=O) groups excluding carboxylic acids is 2. The van der Waals surface area contributed by atoms with Gasteiger partial charge in [-0.2, -0.15) is 0 Å². The van der Waals surface area contributed by atoms with E-state index in [9.17, 15) is 9.59 Å². The number of hydrogen-bond donors (Lipinski definition) is 1. The minimum Gasteiger partial charge on any atom is -0.376 e. The Labute approximate surface area is 142 Å². The summed E-state index contributed by atoms with van der Waals surface area (Å²) in [5.74, 6) is -0.226. The fourth-order valence-corrected chi connectivity index (χ4v) is 3.99. The van der Waals surface area contributed by atoms with Gasteiger partial charge in [0, 0.05) is 24.9 Å². The Morgan fingerprint density at radius 2 is 2.12 bits per heavy atom. The summed E-state index contributed by atoms with van der Waals surface area (Å²) in [7, 11) is 0. The molecule has 1 aliphatic carbocycles. The van der Waals surface area contributed by atoms with Crippen molar-refractivity contribution in [2.75, 3.05) is 18.1 Å². The summed E-state index contributed by atoms with van der Waals surface area (Å²) < 4.78 is 5.52. The van der Waals surface area contributed by atoms with E-state index in [1.165, 1.54) is 5.56 Å². The van der Waals surface area contributed by atoms with Gasteiger partial charge < -0.3 is 15.0 Å². The Kier molecular flexibility index (Phi) is 4.04. The number of amides is 2. The number of carbonyl (C=O) groups is 2. The molecule has 5 nitrogen and oxygen atoms in total. The smallest absolute Gasteiger partial charge is 0.231 e. The van der Waals surface area contributed by atoms with Gasteiger partial charge in [-0.15, -0.1) is 0 Å². The van der Waals surface area contributed by atoms with Crippen molar-refractivity contribution in [3.8, 4) is 0 Å². The summed E-state index contributed by atoms with van der Waals surface area (Å²) in [5, 5.41) is 2.96. The Morgan fingerprint density at radius 1 is 1.29 bits per heavy atom. The van der Waals surface area contributed by atoms with Crippen LogP contribution in [0.5, 0.6) is 0 Å². The molecule has 1 aromatic rings. The van der Waals surface area contributed by atoms with Crippen LogP contribution in [0.25, 0.3) is 0 Å². The lowest BCUT2D eigenvalue weighted by atomic mass is 10.1. The van der Waals surface area contributed by atoms with Crippen LogP contribution in [0, 0.1) is 11.8 Å². The highest BCUT2D eigenvalue weighted by Crippen LogP contribution is 2.43. The number of para-hydroxylation sites is 1.